The van der Waals surface area contributed by atoms with Crippen molar-refractivity contribution in [3.8, 4) is 5.75 Å². The second-order valence-corrected chi connectivity index (χ2v) is 12.7. The standard InChI is InChI=1S/C23H35BNO3S/c1-15-18(26)8-7-16-13-19-22(4)10-9-17(14-29(27,28)24-5)21(2,3)23(22,20(15)16)11-12-25(19)6/h7-8,17,19,26H,9-14H2,1-6H3/t17?,19-,22?,23-/m0/s1. The molecular weight excluding hydrogens is 381 g/mol. The van der Waals surface area contributed by atoms with Crippen molar-refractivity contribution in [2.75, 3.05) is 19.3 Å². The molecule has 1 heterocycles. The third-order valence-corrected chi connectivity index (χ3v) is 11.0. The largest absolute Gasteiger partial charge is 0.508 e. The smallest absolute Gasteiger partial charge is 0.276 e. The van der Waals surface area contributed by atoms with Crippen LogP contribution in [-0.2, 0) is 21.5 Å². The summed E-state index contributed by atoms with van der Waals surface area (Å²) in [5.74, 6) is 0.695. The van der Waals surface area contributed by atoms with Gasteiger partial charge in [0.25, 0.3) is 6.56 Å². The number of likely N-dealkylation sites (N-methyl/N-ethyl adjacent to an activating group) is 1. The molecule has 2 unspecified atom stereocenters. The fraction of sp³-hybridized carbons (Fsp3) is 0.739. The van der Waals surface area contributed by atoms with Gasteiger partial charge in [-0.3, -0.25) is 0 Å². The van der Waals surface area contributed by atoms with E-state index in [1.165, 1.54) is 17.7 Å². The number of aromatic hydroxyl groups is 1. The highest BCUT2D eigenvalue weighted by atomic mass is 32.2. The van der Waals surface area contributed by atoms with Crippen molar-refractivity contribution in [2.24, 2.45) is 16.7 Å². The van der Waals surface area contributed by atoms with E-state index in [4.69, 9.17) is 0 Å². The van der Waals surface area contributed by atoms with E-state index in [1.54, 1.807) is 6.82 Å². The minimum absolute atomic E-state index is 0.0608. The van der Waals surface area contributed by atoms with E-state index in [2.05, 4.69) is 45.7 Å². The second-order valence-electron chi connectivity index (χ2n) is 10.5. The third kappa shape index (κ3) is 2.64. The minimum Gasteiger partial charge on any atom is -0.508 e. The Balaban J connectivity index is 1.98. The highest BCUT2D eigenvalue weighted by Gasteiger charge is 2.69. The number of hydrogen-bond donors (Lipinski definition) is 1. The molecule has 2 aliphatic carbocycles. The molecule has 0 spiro atoms. The Morgan fingerprint density at radius 1 is 1.24 bits per heavy atom. The SMILES string of the molecule is C[B]S(=O)(=O)CC1CCC2(C)[C@@H]3Cc4ccc(O)c(C)c4[C@@]2(CCN3C)C1(C)C. The summed E-state index contributed by atoms with van der Waals surface area (Å²) in [6.45, 7) is 13.1. The molecule has 0 aromatic heterocycles. The van der Waals surface area contributed by atoms with Crippen LogP contribution < -0.4 is 0 Å². The molecular formula is C23H35BNO3S. The van der Waals surface area contributed by atoms with E-state index in [9.17, 15) is 13.5 Å². The van der Waals surface area contributed by atoms with Gasteiger partial charge in [0.2, 0.25) is 0 Å². The summed E-state index contributed by atoms with van der Waals surface area (Å²) in [6, 6.07) is 4.40. The molecule has 1 saturated heterocycles. The Labute approximate surface area is 177 Å². The van der Waals surface area contributed by atoms with Crippen molar-refractivity contribution < 1.29 is 13.5 Å². The molecule has 1 aromatic carbocycles. The Hall–Kier alpha value is -1.01. The second kappa shape index (κ2) is 6.50. The maximum Gasteiger partial charge on any atom is 0.276 e. The van der Waals surface area contributed by atoms with Gasteiger partial charge in [-0.2, -0.15) is 0 Å². The molecule has 2 bridgehead atoms. The van der Waals surface area contributed by atoms with Crippen LogP contribution in [0.1, 0.15) is 56.7 Å². The van der Waals surface area contributed by atoms with Gasteiger partial charge in [0.1, 0.15) is 5.75 Å². The Morgan fingerprint density at radius 2 is 1.93 bits per heavy atom. The Kier molecular flexibility index (Phi) is 4.76. The lowest BCUT2D eigenvalue weighted by Crippen LogP contribution is -2.72. The van der Waals surface area contributed by atoms with Crippen LogP contribution in [0.3, 0.4) is 0 Å². The first-order chi connectivity index (χ1) is 13.4. The maximum atomic E-state index is 12.6. The summed E-state index contributed by atoms with van der Waals surface area (Å²) in [7, 11) is -0.926. The van der Waals surface area contributed by atoms with Gasteiger partial charge in [0.05, 0.1) is 9.69 Å². The fourth-order valence-electron chi connectivity index (χ4n) is 7.69. The molecule has 1 aliphatic heterocycles. The molecule has 159 valence electrons. The summed E-state index contributed by atoms with van der Waals surface area (Å²) in [5, 5.41) is 10.6. The van der Waals surface area contributed by atoms with E-state index in [0.717, 1.165) is 37.8 Å². The first-order valence-corrected chi connectivity index (χ1v) is 12.7. The van der Waals surface area contributed by atoms with Crippen LogP contribution in [0.2, 0.25) is 6.82 Å². The summed E-state index contributed by atoms with van der Waals surface area (Å²) < 4.78 is 25.2. The normalized spacial score (nSPS) is 36.2. The van der Waals surface area contributed by atoms with Crippen molar-refractivity contribution in [3.05, 3.63) is 28.8 Å². The van der Waals surface area contributed by atoms with Crippen LogP contribution >= 0.6 is 0 Å². The predicted octanol–water partition coefficient (Wildman–Crippen LogP) is 3.72. The van der Waals surface area contributed by atoms with Crippen LogP contribution in [-0.4, -0.2) is 50.4 Å². The van der Waals surface area contributed by atoms with E-state index >= 15 is 0 Å². The molecule has 1 N–H and O–H groups in total. The number of likely N-dealkylation sites (tertiary alicyclic amines) is 1. The molecule has 4 atom stereocenters. The summed E-state index contributed by atoms with van der Waals surface area (Å²) in [5.41, 5.74) is 3.38. The van der Waals surface area contributed by atoms with Gasteiger partial charge >= 0.3 is 0 Å². The van der Waals surface area contributed by atoms with Gasteiger partial charge in [-0.05, 0) is 85.7 Å². The summed E-state index contributed by atoms with van der Waals surface area (Å²) in [4.78, 5) is 2.52. The summed E-state index contributed by atoms with van der Waals surface area (Å²) in [6.07, 6.45) is 3.99. The van der Waals surface area contributed by atoms with Gasteiger partial charge in [-0.25, -0.2) is 8.42 Å². The monoisotopic (exact) mass is 416 g/mol. The van der Waals surface area contributed by atoms with E-state index in [-0.39, 0.29) is 27.9 Å². The zero-order valence-electron chi connectivity index (χ0n) is 18.7. The topological polar surface area (TPSA) is 57.6 Å². The lowest BCUT2D eigenvalue weighted by molar-refractivity contribution is -0.154. The van der Waals surface area contributed by atoms with Crippen molar-refractivity contribution >= 4 is 16.2 Å². The number of nitrogens with zero attached hydrogens (tertiary/aromatic N) is 1. The lowest BCUT2D eigenvalue weighted by atomic mass is 9.35. The van der Waals surface area contributed by atoms with Crippen LogP contribution in [0.4, 0.5) is 0 Å². The molecule has 6 heteroatoms. The quantitative estimate of drug-likeness (QED) is 0.763. The third-order valence-electron chi connectivity index (χ3n) is 9.37. The van der Waals surface area contributed by atoms with E-state index < -0.39 is 9.69 Å². The number of fused-ring (bicyclic) bond motifs is 1. The molecule has 0 amide bonds. The number of phenols is 1. The van der Waals surface area contributed by atoms with Crippen LogP contribution in [0.25, 0.3) is 0 Å². The Bertz CT molecular complexity index is 944. The zero-order chi connectivity index (χ0) is 21.4. The van der Waals surface area contributed by atoms with Gasteiger partial charge < -0.3 is 10.0 Å². The zero-order valence-corrected chi connectivity index (χ0v) is 19.6. The van der Waals surface area contributed by atoms with Crippen molar-refractivity contribution in [1.82, 2.24) is 4.90 Å². The first kappa shape index (κ1) is 21.2. The maximum absolute atomic E-state index is 12.6. The molecule has 1 aromatic rings. The number of phenolic OH excluding ortho intramolecular Hbond substituents is 1. The van der Waals surface area contributed by atoms with Crippen LogP contribution in [0, 0.1) is 23.7 Å². The highest BCUT2D eigenvalue weighted by Crippen LogP contribution is 2.71. The van der Waals surface area contributed by atoms with Crippen molar-refractivity contribution in [2.45, 2.75) is 71.7 Å². The average Bonchev–Trinajstić information content (AvgIpc) is 2.64. The van der Waals surface area contributed by atoms with Crippen LogP contribution in [0.5, 0.6) is 5.75 Å². The van der Waals surface area contributed by atoms with Crippen LogP contribution in [0.15, 0.2) is 12.1 Å². The van der Waals surface area contributed by atoms with Gasteiger partial charge in [0, 0.05) is 17.2 Å². The molecule has 4 nitrogen and oxygen atoms in total. The minimum atomic E-state index is -3.17. The molecule has 4 rings (SSSR count). The molecule has 29 heavy (non-hydrogen) atoms. The highest BCUT2D eigenvalue weighted by molar-refractivity contribution is 8.15. The first-order valence-electron chi connectivity index (χ1n) is 11.0. The fourth-order valence-corrected chi connectivity index (χ4v) is 9.03. The molecule has 1 radical (unpaired) electrons. The molecule has 3 aliphatic rings. The van der Waals surface area contributed by atoms with Crippen molar-refractivity contribution in [3.63, 3.8) is 0 Å². The summed E-state index contributed by atoms with van der Waals surface area (Å²) >= 11 is 0. The van der Waals surface area contributed by atoms with Gasteiger partial charge in [-0.15, -0.1) is 0 Å². The van der Waals surface area contributed by atoms with Gasteiger partial charge in [0.15, 0.2) is 0 Å². The van der Waals surface area contributed by atoms with Gasteiger partial charge in [-0.1, -0.05) is 33.7 Å². The lowest BCUT2D eigenvalue weighted by Gasteiger charge is -2.72. The number of rotatable bonds is 3. The van der Waals surface area contributed by atoms with E-state index in [1.807, 2.05) is 6.07 Å². The predicted molar refractivity (Wildman–Crippen MR) is 119 cm³/mol. The molecule has 2 fully saturated rings. The average molecular weight is 416 g/mol. The van der Waals surface area contributed by atoms with E-state index in [0.29, 0.717) is 11.8 Å². The van der Waals surface area contributed by atoms with Crippen molar-refractivity contribution in [1.29, 1.82) is 0 Å². The number of benzene rings is 1. The number of piperidine rings is 1. The Morgan fingerprint density at radius 3 is 2.59 bits per heavy atom. The molecule has 1 saturated carbocycles. The number of hydrogen-bond acceptors (Lipinski definition) is 4.